The Balaban J connectivity index is 1.34. The first kappa shape index (κ1) is 31.1. The Bertz CT molecular complexity index is 1210. The first-order chi connectivity index (χ1) is 20.7. The van der Waals surface area contributed by atoms with Crippen LogP contribution >= 0.6 is 22.6 Å². The molecule has 5 saturated carbocycles. The van der Waals surface area contributed by atoms with E-state index in [1.165, 1.54) is 26.4 Å². The molecule has 5 fully saturated rings. The summed E-state index contributed by atoms with van der Waals surface area (Å²) in [5.41, 5.74) is 1.18. The number of ether oxygens (including phenoxy) is 2. The summed E-state index contributed by atoms with van der Waals surface area (Å²) in [5, 5.41) is 33.8. The van der Waals surface area contributed by atoms with Gasteiger partial charge >= 0.3 is 0 Å². The molecule has 0 saturated heterocycles. The van der Waals surface area contributed by atoms with Crippen molar-refractivity contribution < 1.29 is 34.4 Å². The molecule has 6 aliphatic rings. The molecule has 236 valence electrons. The third kappa shape index (κ3) is 6.31. The molecule has 4 bridgehead atoms. The topological polar surface area (TPSA) is 129 Å². The van der Waals surface area contributed by atoms with E-state index >= 15 is 0 Å². The van der Waals surface area contributed by atoms with Crippen LogP contribution < -0.4 is 14.8 Å². The molecule has 0 spiro atoms. The molecule has 0 aromatic heterocycles. The molecule has 2 amide bonds. The molecular weight excluding hydrogens is 663 g/mol. The summed E-state index contributed by atoms with van der Waals surface area (Å²) in [6.45, 7) is 0.396. The van der Waals surface area contributed by atoms with Crippen LogP contribution in [0.25, 0.3) is 0 Å². The zero-order chi connectivity index (χ0) is 30.3. The van der Waals surface area contributed by atoms with E-state index in [2.05, 4.69) is 27.9 Å². The summed E-state index contributed by atoms with van der Waals surface area (Å²) >= 11 is 2.12. The van der Waals surface area contributed by atoms with Crippen LogP contribution in [0, 0.1) is 32.7 Å². The van der Waals surface area contributed by atoms with E-state index in [0.29, 0.717) is 32.8 Å². The number of carbonyl (C=O) groups excluding carboxylic acids is 2. The van der Waals surface area contributed by atoms with Gasteiger partial charge in [0.2, 0.25) is 11.8 Å². The van der Waals surface area contributed by atoms with Crippen molar-refractivity contribution in [3.05, 3.63) is 32.9 Å². The van der Waals surface area contributed by atoms with Gasteiger partial charge in [0.1, 0.15) is 12.2 Å². The minimum atomic E-state index is -1.06. The van der Waals surface area contributed by atoms with Gasteiger partial charge < -0.3 is 35.0 Å². The highest BCUT2D eigenvalue weighted by molar-refractivity contribution is 14.1. The minimum absolute atomic E-state index is 0.0369. The predicted octanol–water partition coefficient (Wildman–Crippen LogP) is 3.55. The van der Waals surface area contributed by atoms with Crippen LogP contribution in [-0.4, -0.2) is 77.1 Å². The average molecular weight is 709 g/mol. The molecule has 0 radical (unpaired) electrons. The van der Waals surface area contributed by atoms with Gasteiger partial charge in [0, 0.05) is 31.0 Å². The largest absolute Gasteiger partial charge is 0.493 e. The van der Waals surface area contributed by atoms with E-state index in [0.717, 1.165) is 56.3 Å². The second kappa shape index (κ2) is 12.8. The van der Waals surface area contributed by atoms with Gasteiger partial charge in [-0.15, -0.1) is 0 Å². The standard InChI is InChI=1S/C33H45IN2O7/c1-42-28-11-22(17-38)10-25(34)30(28)43-27-13-24(31(40)35-5-6-37)12-26(29(27)39)36(32(41)23-3-2-4-23)18-33-14-19-7-20(15-33)9-21(8-19)16-33/h10-11,13,19-21,23,26-27,29,37-39H,2-9,12,14-18H2,1H3,(H,35,40)/t19?,20?,21?,26-,27+,29+,33?/m1/s1. The van der Waals surface area contributed by atoms with Crippen molar-refractivity contribution in [1.29, 1.82) is 0 Å². The lowest BCUT2D eigenvalue weighted by molar-refractivity contribution is -0.153. The molecular formula is C33H45IN2O7. The Morgan fingerprint density at radius 1 is 1.09 bits per heavy atom. The Morgan fingerprint density at radius 2 is 1.77 bits per heavy atom. The molecule has 1 aromatic carbocycles. The highest BCUT2D eigenvalue weighted by Crippen LogP contribution is 2.60. The molecule has 7 rings (SSSR count). The SMILES string of the molecule is COc1cc(CO)cc(I)c1O[C@H]1C=C(C(=O)NCCO)C[C@@H](N(CC23CC4CC(CC(C4)C2)C3)C(=O)C2CCC2)[C@@H]1O. The van der Waals surface area contributed by atoms with E-state index < -0.39 is 18.2 Å². The number of aliphatic hydroxyl groups is 3. The summed E-state index contributed by atoms with van der Waals surface area (Å²) in [7, 11) is 1.52. The Morgan fingerprint density at radius 3 is 2.33 bits per heavy atom. The van der Waals surface area contributed by atoms with Gasteiger partial charge in [-0.3, -0.25) is 9.59 Å². The number of benzene rings is 1. The summed E-state index contributed by atoms with van der Waals surface area (Å²) in [5.74, 6) is 2.76. The van der Waals surface area contributed by atoms with Crippen molar-refractivity contribution in [2.75, 3.05) is 26.8 Å². The van der Waals surface area contributed by atoms with Crippen molar-refractivity contribution in [2.45, 2.75) is 89.1 Å². The number of nitrogens with zero attached hydrogens (tertiary/aromatic N) is 1. The molecule has 43 heavy (non-hydrogen) atoms. The van der Waals surface area contributed by atoms with Crippen molar-refractivity contribution >= 4 is 34.4 Å². The van der Waals surface area contributed by atoms with E-state index in [1.54, 1.807) is 18.2 Å². The summed E-state index contributed by atoms with van der Waals surface area (Å²) in [6.07, 6.45) is 10.0. The Kier molecular flexibility index (Phi) is 9.29. The quantitative estimate of drug-likeness (QED) is 0.259. The monoisotopic (exact) mass is 708 g/mol. The number of amides is 2. The van der Waals surface area contributed by atoms with Crippen LogP contribution in [0.5, 0.6) is 11.5 Å². The van der Waals surface area contributed by atoms with E-state index in [-0.39, 0.29) is 49.3 Å². The lowest BCUT2D eigenvalue weighted by Crippen LogP contribution is -2.60. The van der Waals surface area contributed by atoms with Crippen LogP contribution in [0.15, 0.2) is 23.8 Å². The fourth-order valence-corrected chi connectivity index (χ4v) is 9.78. The normalized spacial score (nSPS) is 33.0. The number of methoxy groups -OCH3 is 1. The maximum absolute atomic E-state index is 14.2. The zero-order valence-corrected chi connectivity index (χ0v) is 27.1. The Hall–Kier alpha value is -1.89. The van der Waals surface area contributed by atoms with E-state index in [4.69, 9.17) is 9.47 Å². The predicted molar refractivity (Wildman–Crippen MR) is 168 cm³/mol. The summed E-state index contributed by atoms with van der Waals surface area (Å²) in [6, 6.07) is 2.87. The molecule has 9 nitrogen and oxygen atoms in total. The van der Waals surface area contributed by atoms with Crippen LogP contribution in [0.2, 0.25) is 0 Å². The summed E-state index contributed by atoms with van der Waals surface area (Å²) < 4.78 is 12.7. The van der Waals surface area contributed by atoms with Gasteiger partial charge in [-0.25, -0.2) is 0 Å². The smallest absolute Gasteiger partial charge is 0.247 e. The minimum Gasteiger partial charge on any atom is -0.493 e. The summed E-state index contributed by atoms with van der Waals surface area (Å²) in [4.78, 5) is 29.5. The molecule has 6 aliphatic carbocycles. The van der Waals surface area contributed by atoms with E-state index in [9.17, 15) is 24.9 Å². The van der Waals surface area contributed by atoms with Gasteiger partial charge in [0.25, 0.3) is 0 Å². The molecule has 0 heterocycles. The number of hydrogen-bond acceptors (Lipinski definition) is 7. The lowest BCUT2D eigenvalue weighted by atomic mass is 9.49. The maximum atomic E-state index is 14.2. The number of rotatable bonds is 11. The zero-order valence-electron chi connectivity index (χ0n) is 25.0. The van der Waals surface area contributed by atoms with Crippen molar-refractivity contribution in [3.63, 3.8) is 0 Å². The van der Waals surface area contributed by atoms with Crippen molar-refractivity contribution in [1.82, 2.24) is 10.2 Å². The average Bonchev–Trinajstić information content (AvgIpc) is 2.94. The maximum Gasteiger partial charge on any atom is 0.247 e. The van der Waals surface area contributed by atoms with Gasteiger partial charge in [-0.1, -0.05) is 6.42 Å². The first-order valence-corrected chi connectivity index (χ1v) is 17.0. The van der Waals surface area contributed by atoms with Crippen LogP contribution in [0.4, 0.5) is 0 Å². The number of aliphatic hydroxyl groups excluding tert-OH is 3. The highest BCUT2D eigenvalue weighted by Gasteiger charge is 2.53. The van der Waals surface area contributed by atoms with Crippen molar-refractivity contribution in [3.8, 4) is 11.5 Å². The van der Waals surface area contributed by atoms with Crippen LogP contribution in [0.3, 0.4) is 0 Å². The fourth-order valence-electron chi connectivity index (χ4n) is 8.99. The number of halogens is 1. The molecule has 0 unspecified atom stereocenters. The van der Waals surface area contributed by atoms with Crippen LogP contribution in [0.1, 0.15) is 69.8 Å². The Labute approximate surface area is 267 Å². The molecule has 0 aliphatic heterocycles. The number of carbonyl (C=O) groups is 2. The second-order valence-corrected chi connectivity index (χ2v) is 15.0. The molecule has 4 N–H and O–H groups in total. The van der Waals surface area contributed by atoms with Crippen molar-refractivity contribution in [2.24, 2.45) is 29.1 Å². The number of nitrogens with one attached hydrogen (secondary N) is 1. The lowest BCUT2D eigenvalue weighted by Gasteiger charge is -2.59. The third-order valence-electron chi connectivity index (χ3n) is 10.7. The van der Waals surface area contributed by atoms with Gasteiger partial charge in [0.05, 0.1) is 29.9 Å². The molecule has 1 aromatic rings. The highest BCUT2D eigenvalue weighted by atomic mass is 127. The first-order valence-electron chi connectivity index (χ1n) is 15.9. The van der Waals surface area contributed by atoms with Gasteiger partial charge in [0.15, 0.2) is 11.5 Å². The number of hydrogen-bond donors (Lipinski definition) is 4. The van der Waals surface area contributed by atoms with E-state index in [1.807, 2.05) is 4.90 Å². The molecule has 3 atom stereocenters. The second-order valence-electron chi connectivity index (χ2n) is 13.8. The van der Waals surface area contributed by atoms with Crippen LogP contribution in [-0.2, 0) is 16.2 Å². The fraction of sp³-hybridized carbons (Fsp3) is 0.697. The van der Waals surface area contributed by atoms with Gasteiger partial charge in [-0.05, 0) is 121 Å². The molecule has 10 heteroatoms. The van der Waals surface area contributed by atoms with Gasteiger partial charge in [-0.2, -0.15) is 0 Å². The third-order valence-corrected chi connectivity index (χ3v) is 11.6.